The largest absolute Gasteiger partial charge is 0.480 e. The average molecular weight is 357 g/mol. The van der Waals surface area contributed by atoms with Crippen molar-refractivity contribution in [2.45, 2.75) is 37.1 Å². The van der Waals surface area contributed by atoms with Gasteiger partial charge in [0.1, 0.15) is 11.7 Å². The maximum atomic E-state index is 12.6. The van der Waals surface area contributed by atoms with Crippen molar-refractivity contribution in [2.75, 3.05) is 18.4 Å². The molecule has 1 saturated heterocycles. The Balaban J connectivity index is 2.37. The number of sulfonamides is 1. The lowest BCUT2D eigenvalue weighted by Crippen LogP contribution is -2.35. The van der Waals surface area contributed by atoms with Crippen LogP contribution in [0.1, 0.15) is 26.2 Å². The number of carbonyl (C=O) groups is 1. The van der Waals surface area contributed by atoms with Gasteiger partial charge in [0.25, 0.3) is 5.69 Å². The third-order valence-electron chi connectivity index (χ3n) is 3.86. The smallest absolute Gasteiger partial charge is 0.325 e. The number of nitrogens with one attached hydrogen (secondary N) is 1. The number of hydrogen-bond acceptors (Lipinski definition) is 6. The Morgan fingerprint density at radius 3 is 2.50 bits per heavy atom. The van der Waals surface area contributed by atoms with Crippen molar-refractivity contribution in [3.05, 3.63) is 28.3 Å². The van der Waals surface area contributed by atoms with Gasteiger partial charge in [-0.1, -0.05) is 6.42 Å². The number of anilines is 1. The Labute approximate surface area is 139 Å². The normalized spacial score (nSPS) is 17.2. The first-order valence-corrected chi connectivity index (χ1v) is 8.95. The minimum atomic E-state index is -3.79. The van der Waals surface area contributed by atoms with Gasteiger partial charge in [0.15, 0.2) is 0 Å². The minimum absolute atomic E-state index is 0.0347. The number of hydrogen-bond donors (Lipinski definition) is 2. The van der Waals surface area contributed by atoms with Crippen LogP contribution >= 0.6 is 0 Å². The van der Waals surface area contributed by atoms with E-state index in [1.54, 1.807) is 0 Å². The highest BCUT2D eigenvalue weighted by atomic mass is 32.2. The van der Waals surface area contributed by atoms with E-state index in [-0.39, 0.29) is 10.6 Å². The molecule has 0 saturated carbocycles. The highest BCUT2D eigenvalue weighted by Gasteiger charge is 2.29. The molecular weight excluding hydrogens is 338 g/mol. The van der Waals surface area contributed by atoms with E-state index in [1.807, 2.05) is 0 Å². The number of carboxylic acid groups (broad SMARTS) is 1. The molecule has 0 bridgehead atoms. The number of carboxylic acids is 1. The number of nitro benzene ring substituents is 1. The maximum absolute atomic E-state index is 12.6. The summed E-state index contributed by atoms with van der Waals surface area (Å²) in [4.78, 5) is 21.2. The zero-order valence-corrected chi connectivity index (χ0v) is 14.0. The molecule has 1 atom stereocenters. The van der Waals surface area contributed by atoms with Crippen LogP contribution in [0.25, 0.3) is 0 Å². The topological polar surface area (TPSA) is 130 Å². The summed E-state index contributed by atoms with van der Waals surface area (Å²) in [5, 5.41) is 22.6. The Morgan fingerprint density at radius 1 is 1.33 bits per heavy atom. The predicted molar refractivity (Wildman–Crippen MR) is 86.4 cm³/mol. The van der Waals surface area contributed by atoms with Gasteiger partial charge in [-0.15, -0.1) is 0 Å². The van der Waals surface area contributed by atoms with Gasteiger partial charge >= 0.3 is 5.97 Å². The van der Waals surface area contributed by atoms with Crippen LogP contribution in [0, 0.1) is 10.1 Å². The van der Waals surface area contributed by atoms with Crippen LogP contribution in [0.4, 0.5) is 11.4 Å². The minimum Gasteiger partial charge on any atom is -0.480 e. The Kier molecular flexibility index (Phi) is 5.40. The molecule has 0 aliphatic carbocycles. The molecule has 1 aromatic rings. The number of nitro groups is 1. The number of piperidine rings is 1. The van der Waals surface area contributed by atoms with E-state index in [0.29, 0.717) is 13.1 Å². The van der Waals surface area contributed by atoms with Crippen molar-refractivity contribution in [2.24, 2.45) is 0 Å². The lowest BCUT2D eigenvalue weighted by Gasteiger charge is -2.25. The van der Waals surface area contributed by atoms with Crippen LogP contribution in [-0.2, 0) is 14.8 Å². The molecule has 24 heavy (non-hydrogen) atoms. The van der Waals surface area contributed by atoms with Crippen LogP contribution in [0.3, 0.4) is 0 Å². The molecule has 1 fully saturated rings. The fourth-order valence-electron chi connectivity index (χ4n) is 2.49. The zero-order valence-electron chi connectivity index (χ0n) is 13.1. The summed E-state index contributed by atoms with van der Waals surface area (Å²) >= 11 is 0. The van der Waals surface area contributed by atoms with E-state index in [9.17, 15) is 23.3 Å². The van der Waals surface area contributed by atoms with E-state index in [0.717, 1.165) is 25.3 Å². The van der Waals surface area contributed by atoms with E-state index in [4.69, 9.17) is 5.11 Å². The second kappa shape index (κ2) is 7.14. The molecule has 1 aliphatic rings. The number of benzene rings is 1. The van der Waals surface area contributed by atoms with Crippen molar-refractivity contribution < 1.29 is 23.2 Å². The van der Waals surface area contributed by atoms with Crippen molar-refractivity contribution in [3.63, 3.8) is 0 Å². The zero-order chi connectivity index (χ0) is 17.9. The Morgan fingerprint density at radius 2 is 1.96 bits per heavy atom. The third-order valence-corrected chi connectivity index (χ3v) is 5.76. The van der Waals surface area contributed by atoms with Gasteiger partial charge in [0, 0.05) is 19.2 Å². The molecular formula is C14H19N3O6S. The molecule has 1 aliphatic heterocycles. The molecule has 2 rings (SSSR count). The fraction of sp³-hybridized carbons (Fsp3) is 0.500. The molecule has 0 amide bonds. The summed E-state index contributed by atoms with van der Waals surface area (Å²) in [6.45, 7) is 2.13. The molecule has 132 valence electrons. The monoisotopic (exact) mass is 357 g/mol. The molecule has 0 aromatic heterocycles. The van der Waals surface area contributed by atoms with Crippen LogP contribution in [0.2, 0.25) is 0 Å². The molecule has 0 unspecified atom stereocenters. The van der Waals surface area contributed by atoms with Crippen molar-refractivity contribution in [3.8, 4) is 0 Å². The van der Waals surface area contributed by atoms with Gasteiger partial charge < -0.3 is 10.4 Å². The number of aliphatic carboxylic acids is 1. The highest BCUT2D eigenvalue weighted by molar-refractivity contribution is 7.89. The number of rotatable bonds is 6. The summed E-state index contributed by atoms with van der Waals surface area (Å²) < 4.78 is 26.5. The highest BCUT2D eigenvalue weighted by Crippen LogP contribution is 2.30. The summed E-state index contributed by atoms with van der Waals surface area (Å²) in [6.07, 6.45) is 2.48. The molecule has 1 heterocycles. The third kappa shape index (κ3) is 3.82. The van der Waals surface area contributed by atoms with E-state index >= 15 is 0 Å². The van der Waals surface area contributed by atoms with Gasteiger partial charge in [0.2, 0.25) is 10.0 Å². The Hall–Kier alpha value is -2.20. The first kappa shape index (κ1) is 18.1. The van der Waals surface area contributed by atoms with Crippen molar-refractivity contribution in [1.82, 2.24) is 4.31 Å². The molecule has 0 spiro atoms. The van der Waals surface area contributed by atoms with Crippen LogP contribution < -0.4 is 5.32 Å². The van der Waals surface area contributed by atoms with Gasteiger partial charge in [-0.05, 0) is 31.9 Å². The van der Waals surface area contributed by atoms with Gasteiger partial charge in [-0.3, -0.25) is 14.9 Å². The van der Waals surface area contributed by atoms with Gasteiger partial charge in [0.05, 0.1) is 9.82 Å². The lowest BCUT2D eigenvalue weighted by molar-refractivity contribution is -0.384. The van der Waals surface area contributed by atoms with Gasteiger partial charge in [-0.2, -0.15) is 4.31 Å². The Bertz CT molecular complexity index is 743. The van der Waals surface area contributed by atoms with Crippen LogP contribution in [0.15, 0.2) is 23.1 Å². The van der Waals surface area contributed by atoms with E-state index in [1.165, 1.54) is 23.4 Å². The van der Waals surface area contributed by atoms with Gasteiger partial charge in [-0.25, -0.2) is 8.42 Å². The molecule has 1 aromatic carbocycles. The summed E-state index contributed by atoms with van der Waals surface area (Å²) in [7, 11) is -3.79. The predicted octanol–water partition coefficient (Wildman–Crippen LogP) is 1.65. The molecule has 0 radical (unpaired) electrons. The van der Waals surface area contributed by atoms with Crippen molar-refractivity contribution in [1.29, 1.82) is 0 Å². The summed E-state index contributed by atoms with van der Waals surface area (Å²) in [5.41, 5.74) is -0.506. The van der Waals surface area contributed by atoms with Crippen molar-refractivity contribution >= 4 is 27.4 Å². The maximum Gasteiger partial charge on any atom is 0.325 e. The SMILES string of the molecule is C[C@@H](Nc1ccc(S(=O)(=O)N2CCCCC2)cc1[N+](=O)[O-])C(=O)O. The quantitative estimate of drug-likeness (QED) is 0.585. The fourth-order valence-corrected chi connectivity index (χ4v) is 4.03. The second-order valence-corrected chi connectivity index (χ2v) is 7.54. The first-order chi connectivity index (χ1) is 11.2. The van der Waals surface area contributed by atoms with Crippen LogP contribution in [-0.4, -0.2) is 47.9 Å². The molecule has 10 heteroatoms. The summed E-state index contributed by atoms with van der Waals surface area (Å²) in [6, 6.07) is 2.41. The standard InChI is InChI=1S/C14H19N3O6S/c1-10(14(18)19)15-12-6-5-11(9-13(12)17(20)21)24(22,23)16-7-3-2-4-8-16/h5-6,9-10,15H,2-4,7-8H2,1H3,(H,18,19)/t10-/m1/s1. The molecule has 2 N–H and O–H groups in total. The number of nitrogens with zero attached hydrogens (tertiary/aromatic N) is 2. The second-order valence-electron chi connectivity index (χ2n) is 5.61. The van der Waals surface area contributed by atoms with E-state index in [2.05, 4.69) is 5.32 Å². The van der Waals surface area contributed by atoms with Crippen LogP contribution in [0.5, 0.6) is 0 Å². The van der Waals surface area contributed by atoms with E-state index < -0.39 is 32.6 Å². The lowest BCUT2D eigenvalue weighted by atomic mass is 10.2. The first-order valence-electron chi connectivity index (χ1n) is 7.51. The summed E-state index contributed by atoms with van der Waals surface area (Å²) in [5.74, 6) is -1.17. The average Bonchev–Trinajstić information content (AvgIpc) is 2.55. The molecule has 9 nitrogen and oxygen atoms in total.